The average Bonchev–Trinajstić information content (AvgIpc) is 2.47. The minimum absolute atomic E-state index is 0.0587. The Balaban J connectivity index is 2.32. The number of piperazine rings is 1. The van der Waals surface area contributed by atoms with Crippen molar-refractivity contribution < 1.29 is 9.50 Å². The van der Waals surface area contributed by atoms with Gasteiger partial charge in [0.2, 0.25) is 0 Å². The number of aliphatic hydroxyl groups excluding tert-OH is 1. The highest BCUT2D eigenvalue weighted by molar-refractivity contribution is 6.31. The average molecular weight is 301 g/mol. The normalized spacial score (nSPS) is 18.2. The molecule has 0 bridgehead atoms. The van der Waals surface area contributed by atoms with Gasteiger partial charge in [-0.15, -0.1) is 0 Å². The fourth-order valence-electron chi connectivity index (χ4n) is 2.77. The molecule has 1 fully saturated rings. The summed E-state index contributed by atoms with van der Waals surface area (Å²) in [5.74, 6) is -0.209. The molecule has 0 aromatic heterocycles. The first-order valence-corrected chi connectivity index (χ1v) is 7.53. The van der Waals surface area contributed by atoms with Crippen molar-refractivity contribution in [1.82, 2.24) is 10.2 Å². The Kier molecular flexibility index (Phi) is 5.78. The van der Waals surface area contributed by atoms with Crippen molar-refractivity contribution in [2.45, 2.75) is 25.8 Å². The summed E-state index contributed by atoms with van der Waals surface area (Å²) in [4.78, 5) is 2.26. The van der Waals surface area contributed by atoms with Crippen LogP contribution >= 0.6 is 11.6 Å². The van der Waals surface area contributed by atoms with Crippen molar-refractivity contribution in [2.75, 3.05) is 32.8 Å². The van der Waals surface area contributed by atoms with Crippen molar-refractivity contribution in [1.29, 1.82) is 0 Å². The highest BCUT2D eigenvalue weighted by Gasteiger charge is 2.27. The summed E-state index contributed by atoms with van der Waals surface area (Å²) in [5.41, 5.74) is 1.20. The molecule has 1 aliphatic rings. The molecule has 1 aromatic carbocycles. The summed E-state index contributed by atoms with van der Waals surface area (Å²) < 4.78 is 14.5. The Morgan fingerprint density at radius 2 is 2.10 bits per heavy atom. The van der Waals surface area contributed by atoms with Gasteiger partial charge in [-0.3, -0.25) is 4.90 Å². The van der Waals surface area contributed by atoms with Crippen molar-refractivity contribution in [3.8, 4) is 0 Å². The number of hydrogen-bond donors (Lipinski definition) is 2. The second kappa shape index (κ2) is 7.36. The molecule has 0 unspecified atom stereocenters. The van der Waals surface area contributed by atoms with E-state index in [-0.39, 0.29) is 18.5 Å². The molecule has 0 spiro atoms. The largest absolute Gasteiger partial charge is 0.396 e. The summed E-state index contributed by atoms with van der Waals surface area (Å²) in [6.45, 7) is 5.44. The van der Waals surface area contributed by atoms with Crippen LogP contribution in [0.1, 0.15) is 30.0 Å². The van der Waals surface area contributed by atoms with Crippen LogP contribution in [-0.2, 0) is 0 Å². The van der Waals surface area contributed by atoms with E-state index in [0.29, 0.717) is 22.6 Å². The van der Waals surface area contributed by atoms with Gasteiger partial charge in [0.05, 0.1) is 0 Å². The van der Waals surface area contributed by atoms with Gasteiger partial charge >= 0.3 is 0 Å². The van der Waals surface area contributed by atoms with Crippen molar-refractivity contribution in [3.05, 3.63) is 34.1 Å². The van der Waals surface area contributed by atoms with Crippen LogP contribution < -0.4 is 5.32 Å². The molecule has 1 aromatic rings. The summed E-state index contributed by atoms with van der Waals surface area (Å²) >= 11 is 6.25. The Morgan fingerprint density at radius 3 is 2.75 bits per heavy atom. The van der Waals surface area contributed by atoms with Crippen molar-refractivity contribution >= 4 is 11.6 Å². The molecule has 0 saturated carbocycles. The SMILES string of the molecule is Cc1ccc(Cl)c([C@@H](CCCO)N2CCNCC2)c1F. The number of halogens is 2. The molecule has 0 amide bonds. The minimum atomic E-state index is -0.209. The Hall–Kier alpha value is -0.680. The lowest BCUT2D eigenvalue weighted by atomic mass is 9.97. The van der Waals surface area contributed by atoms with Crippen molar-refractivity contribution in [3.63, 3.8) is 0 Å². The number of benzene rings is 1. The van der Waals surface area contributed by atoms with Gasteiger partial charge in [0.1, 0.15) is 5.82 Å². The summed E-state index contributed by atoms with van der Waals surface area (Å²) in [6.07, 6.45) is 1.37. The molecule has 2 N–H and O–H groups in total. The van der Waals surface area contributed by atoms with E-state index in [4.69, 9.17) is 16.7 Å². The second-order valence-corrected chi connectivity index (χ2v) is 5.67. The molecule has 112 valence electrons. The zero-order chi connectivity index (χ0) is 14.5. The van der Waals surface area contributed by atoms with Crippen LogP contribution in [0.2, 0.25) is 5.02 Å². The molecule has 5 heteroatoms. The molecule has 1 aliphatic heterocycles. The number of aliphatic hydroxyl groups is 1. The predicted octanol–water partition coefficient (Wildman–Crippen LogP) is 2.51. The third-order valence-corrected chi connectivity index (χ3v) is 4.21. The number of nitrogens with one attached hydrogen (secondary N) is 1. The van der Waals surface area contributed by atoms with Gasteiger partial charge in [0, 0.05) is 49.4 Å². The second-order valence-electron chi connectivity index (χ2n) is 5.26. The van der Waals surface area contributed by atoms with Gasteiger partial charge in [0.15, 0.2) is 0 Å². The van der Waals surface area contributed by atoms with E-state index >= 15 is 0 Å². The van der Waals surface area contributed by atoms with Gasteiger partial charge < -0.3 is 10.4 Å². The van der Waals surface area contributed by atoms with E-state index < -0.39 is 0 Å². The zero-order valence-electron chi connectivity index (χ0n) is 11.8. The highest BCUT2D eigenvalue weighted by Crippen LogP contribution is 2.34. The monoisotopic (exact) mass is 300 g/mol. The third kappa shape index (κ3) is 3.50. The summed E-state index contributed by atoms with van der Waals surface area (Å²) in [5, 5.41) is 12.9. The highest BCUT2D eigenvalue weighted by atomic mass is 35.5. The smallest absolute Gasteiger partial charge is 0.132 e. The first-order chi connectivity index (χ1) is 9.65. The van der Waals surface area contributed by atoms with Crippen LogP contribution in [0.5, 0.6) is 0 Å². The molecular formula is C15H22ClFN2O. The van der Waals surface area contributed by atoms with Gasteiger partial charge in [-0.1, -0.05) is 17.7 Å². The van der Waals surface area contributed by atoms with Crippen LogP contribution in [0.3, 0.4) is 0 Å². The number of rotatable bonds is 5. The molecule has 1 saturated heterocycles. The number of hydrogen-bond acceptors (Lipinski definition) is 3. The van der Waals surface area contributed by atoms with E-state index in [9.17, 15) is 4.39 Å². The number of nitrogens with zero attached hydrogens (tertiary/aromatic N) is 1. The van der Waals surface area contributed by atoms with Gasteiger partial charge in [-0.2, -0.15) is 0 Å². The van der Waals surface area contributed by atoms with Gasteiger partial charge in [-0.05, 0) is 31.4 Å². The molecule has 0 radical (unpaired) electrons. The Morgan fingerprint density at radius 1 is 1.40 bits per heavy atom. The first kappa shape index (κ1) is 15.7. The van der Waals surface area contributed by atoms with Crippen LogP contribution in [0.25, 0.3) is 0 Å². The Bertz CT molecular complexity index is 450. The summed E-state index contributed by atoms with van der Waals surface area (Å²) in [6, 6.07) is 3.42. The summed E-state index contributed by atoms with van der Waals surface area (Å²) in [7, 11) is 0. The van der Waals surface area contributed by atoms with Crippen LogP contribution in [0, 0.1) is 12.7 Å². The van der Waals surface area contributed by atoms with E-state index in [2.05, 4.69) is 10.2 Å². The third-order valence-electron chi connectivity index (χ3n) is 3.88. The number of aryl methyl sites for hydroxylation is 1. The molecule has 2 rings (SSSR count). The van der Waals surface area contributed by atoms with E-state index in [1.54, 1.807) is 19.1 Å². The van der Waals surface area contributed by atoms with Crippen LogP contribution in [0.4, 0.5) is 4.39 Å². The lowest BCUT2D eigenvalue weighted by Gasteiger charge is -2.36. The predicted molar refractivity (Wildman–Crippen MR) is 79.7 cm³/mol. The maximum atomic E-state index is 14.5. The van der Waals surface area contributed by atoms with E-state index in [1.807, 2.05) is 0 Å². The van der Waals surface area contributed by atoms with Crippen molar-refractivity contribution in [2.24, 2.45) is 0 Å². The molecule has 3 nitrogen and oxygen atoms in total. The first-order valence-electron chi connectivity index (χ1n) is 7.15. The van der Waals surface area contributed by atoms with E-state index in [0.717, 1.165) is 32.6 Å². The lowest BCUT2D eigenvalue weighted by Crippen LogP contribution is -2.45. The fraction of sp³-hybridized carbons (Fsp3) is 0.600. The lowest BCUT2D eigenvalue weighted by molar-refractivity contribution is 0.151. The van der Waals surface area contributed by atoms with Crippen LogP contribution in [0.15, 0.2) is 12.1 Å². The quantitative estimate of drug-likeness (QED) is 0.877. The molecule has 20 heavy (non-hydrogen) atoms. The molecule has 1 heterocycles. The molecule has 1 atom stereocenters. The minimum Gasteiger partial charge on any atom is -0.396 e. The standard InChI is InChI=1S/C15H22ClFN2O/c1-11-4-5-12(16)14(15(11)17)13(3-2-10-20)19-8-6-18-7-9-19/h4-5,13,18,20H,2-3,6-10H2,1H3/t13-/m1/s1. The maximum Gasteiger partial charge on any atom is 0.132 e. The molecule has 0 aliphatic carbocycles. The van der Waals surface area contributed by atoms with Gasteiger partial charge in [-0.25, -0.2) is 4.39 Å². The van der Waals surface area contributed by atoms with Crippen LogP contribution in [-0.4, -0.2) is 42.8 Å². The van der Waals surface area contributed by atoms with E-state index in [1.165, 1.54) is 0 Å². The van der Waals surface area contributed by atoms with Gasteiger partial charge in [0.25, 0.3) is 0 Å². The Labute approximate surface area is 124 Å². The molecular weight excluding hydrogens is 279 g/mol. The zero-order valence-corrected chi connectivity index (χ0v) is 12.6. The topological polar surface area (TPSA) is 35.5 Å². The maximum absolute atomic E-state index is 14.5. The fourth-order valence-corrected chi connectivity index (χ4v) is 3.04.